The SMILES string of the molecule is CC(C)(C)OC(=O)c1ccc2nc(Nc3ccc(Br)cc3F)n(CC3CCO3)c2c1. The van der Waals surface area contributed by atoms with Gasteiger partial charge in [0, 0.05) is 11.1 Å². The number of imidazole rings is 1. The Balaban J connectivity index is 1.73. The zero-order valence-corrected chi connectivity index (χ0v) is 18.6. The zero-order chi connectivity index (χ0) is 21.5. The van der Waals surface area contributed by atoms with E-state index in [9.17, 15) is 9.18 Å². The summed E-state index contributed by atoms with van der Waals surface area (Å²) in [6.45, 7) is 6.77. The standard InChI is InChI=1S/C22H23BrFN3O3/c1-22(2,3)30-20(28)13-4-6-18-19(10-13)27(12-15-8-9-29-15)21(26-18)25-17-7-5-14(23)11-16(17)24/h4-7,10-11,15H,8-9,12H2,1-3H3,(H,25,26). The maximum atomic E-state index is 14.4. The van der Waals surface area contributed by atoms with Gasteiger partial charge in [-0.3, -0.25) is 0 Å². The summed E-state index contributed by atoms with van der Waals surface area (Å²) in [5, 5.41) is 3.08. The van der Waals surface area contributed by atoms with E-state index in [-0.39, 0.29) is 6.10 Å². The number of hydrogen-bond donors (Lipinski definition) is 1. The van der Waals surface area contributed by atoms with Crippen LogP contribution in [0.2, 0.25) is 0 Å². The van der Waals surface area contributed by atoms with Gasteiger partial charge in [0.05, 0.1) is 34.9 Å². The highest BCUT2D eigenvalue weighted by molar-refractivity contribution is 9.10. The Morgan fingerprint density at radius 3 is 2.73 bits per heavy atom. The molecule has 0 radical (unpaired) electrons. The number of carbonyl (C=O) groups excluding carboxylic acids is 1. The van der Waals surface area contributed by atoms with Crippen molar-refractivity contribution < 1.29 is 18.7 Å². The summed E-state index contributed by atoms with van der Waals surface area (Å²) in [5.41, 5.74) is 1.62. The van der Waals surface area contributed by atoms with Gasteiger partial charge in [-0.15, -0.1) is 0 Å². The van der Waals surface area contributed by atoms with E-state index in [4.69, 9.17) is 9.47 Å². The second kappa shape index (κ2) is 8.00. The van der Waals surface area contributed by atoms with Crippen LogP contribution in [-0.4, -0.2) is 33.8 Å². The van der Waals surface area contributed by atoms with Crippen molar-refractivity contribution in [2.75, 3.05) is 11.9 Å². The van der Waals surface area contributed by atoms with Gasteiger partial charge in [0.15, 0.2) is 0 Å². The highest BCUT2D eigenvalue weighted by Crippen LogP contribution is 2.29. The highest BCUT2D eigenvalue weighted by Gasteiger charge is 2.24. The summed E-state index contributed by atoms with van der Waals surface area (Å²) in [6, 6.07) is 10.0. The van der Waals surface area contributed by atoms with E-state index < -0.39 is 17.4 Å². The Kier molecular flexibility index (Phi) is 5.55. The lowest BCUT2D eigenvalue weighted by atomic mass is 10.1. The van der Waals surface area contributed by atoms with Crippen molar-refractivity contribution >= 4 is 44.6 Å². The first-order valence-corrected chi connectivity index (χ1v) is 10.6. The van der Waals surface area contributed by atoms with Gasteiger partial charge in [0.1, 0.15) is 11.4 Å². The van der Waals surface area contributed by atoms with Crippen molar-refractivity contribution in [1.82, 2.24) is 9.55 Å². The van der Waals surface area contributed by atoms with E-state index >= 15 is 0 Å². The van der Waals surface area contributed by atoms with Crippen LogP contribution >= 0.6 is 15.9 Å². The number of esters is 1. The number of anilines is 2. The van der Waals surface area contributed by atoms with Crippen molar-refractivity contribution in [3.05, 3.63) is 52.3 Å². The van der Waals surface area contributed by atoms with Crippen LogP contribution in [0.1, 0.15) is 37.6 Å². The van der Waals surface area contributed by atoms with Crippen LogP contribution in [0.5, 0.6) is 0 Å². The molecule has 4 rings (SSSR count). The number of nitrogens with one attached hydrogen (secondary N) is 1. The van der Waals surface area contributed by atoms with Crippen LogP contribution in [0.15, 0.2) is 40.9 Å². The first-order chi connectivity index (χ1) is 14.2. The molecule has 8 heteroatoms. The number of ether oxygens (including phenoxy) is 2. The van der Waals surface area contributed by atoms with Crippen LogP contribution in [0.4, 0.5) is 16.0 Å². The third-order valence-corrected chi connectivity index (χ3v) is 5.23. The molecule has 1 aromatic heterocycles. The average Bonchev–Trinajstić information content (AvgIpc) is 2.95. The van der Waals surface area contributed by atoms with E-state index in [1.54, 1.807) is 30.3 Å². The molecule has 1 atom stereocenters. The molecule has 30 heavy (non-hydrogen) atoms. The van der Waals surface area contributed by atoms with Gasteiger partial charge in [-0.05, 0) is 63.6 Å². The Labute approximate surface area is 182 Å². The monoisotopic (exact) mass is 475 g/mol. The number of benzene rings is 2. The molecule has 1 fully saturated rings. The normalized spacial score (nSPS) is 16.4. The van der Waals surface area contributed by atoms with E-state index in [0.29, 0.717) is 33.7 Å². The predicted octanol–water partition coefficient (Wildman–Crippen LogP) is 5.43. The summed E-state index contributed by atoms with van der Waals surface area (Å²) in [5.74, 6) is -0.300. The quantitative estimate of drug-likeness (QED) is 0.498. The van der Waals surface area contributed by atoms with Crippen molar-refractivity contribution in [2.45, 2.75) is 45.4 Å². The second-order valence-corrected chi connectivity index (χ2v) is 9.20. The Hall–Kier alpha value is -2.45. The fourth-order valence-corrected chi connectivity index (χ4v) is 3.54. The van der Waals surface area contributed by atoms with Crippen LogP contribution in [-0.2, 0) is 16.0 Å². The summed E-state index contributed by atoms with van der Waals surface area (Å²) in [4.78, 5) is 17.2. The smallest absolute Gasteiger partial charge is 0.338 e. The van der Waals surface area contributed by atoms with Gasteiger partial charge >= 0.3 is 5.97 Å². The Morgan fingerprint density at radius 2 is 2.10 bits per heavy atom. The Bertz CT molecular complexity index is 1100. The van der Waals surface area contributed by atoms with Crippen LogP contribution in [0.25, 0.3) is 11.0 Å². The second-order valence-electron chi connectivity index (χ2n) is 8.28. The molecule has 1 aliphatic rings. The fourth-order valence-electron chi connectivity index (χ4n) is 3.21. The minimum Gasteiger partial charge on any atom is -0.456 e. The molecule has 1 saturated heterocycles. The topological polar surface area (TPSA) is 65.4 Å². The molecule has 2 aromatic carbocycles. The molecule has 1 N–H and O–H groups in total. The lowest BCUT2D eigenvalue weighted by molar-refractivity contribution is -0.0583. The molecule has 1 unspecified atom stereocenters. The maximum absolute atomic E-state index is 14.4. The Morgan fingerprint density at radius 1 is 1.33 bits per heavy atom. The number of hydrogen-bond acceptors (Lipinski definition) is 5. The molecule has 158 valence electrons. The van der Waals surface area contributed by atoms with Crippen LogP contribution < -0.4 is 5.32 Å². The maximum Gasteiger partial charge on any atom is 0.338 e. The van der Waals surface area contributed by atoms with E-state index in [0.717, 1.165) is 18.5 Å². The first-order valence-electron chi connectivity index (χ1n) is 9.77. The first kappa shape index (κ1) is 20.8. The van der Waals surface area contributed by atoms with E-state index in [1.165, 1.54) is 6.07 Å². The minimum atomic E-state index is -0.585. The molecule has 0 bridgehead atoms. The number of halogens is 2. The summed E-state index contributed by atoms with van der Waals surface area (Å²) in [6.07, 6.45) is 1.00. The van der Waals surface area contributed by atoms with Gasteiger partial charge in [-0.25, -0.2) is 14.2 Å². The molecular weight excluding hydrogens is 453 g/mol. The minimum absolute atomic E-state index is 0.0582. The number of nitrogens with zero attached hydrogens (tertiary/aromatic N) is 2. The summed E-state index contributed by atoms with van der Waals surface area (Å²) >= 11 is 3.27. The van der Waals surface area contributed by atoms with Crippen molar-refractivity contribution in [2.24, 2.45) is 0 Å². The van der Waals surface area contributed by atoms with Crippen molar-refractivity contribution in [3.63, 3.8) is 0 Å². The summed E-state index contributed by atoms with van der Waals surface area (Å²) < 4.78 is 28.0. The fraction of sp³-hybridized carbons (Fsp3) is 0.364. The number of aromatic nitrogens is 2. The molecule has 6 nitrogen and oxygen atoms in total. The molecule has 0 aliphatic carbocycles. The van der Waals surface area contributed by atoms with Crippen LogP contribution in [0, 0.1) is 5.82 Å². The highest BCUT2D eigenvalue weighted by atomic mass is 79.9. The zero-order valence-electron chi connectivity index (χ0n) is 17.0. The lowest BCUT2D eigenvalue weighted by Crippen LogP contribution is -2.31. The van der Waals surface area contributed by atoms with Gasteiger partial charge in [-0.2, -0.15) is 0 Å². The van der Waals surface area contributed by atoms with Gasteiger partial charge in [0.2, 0.25) is 5.95 Å². The molecule has 0 amide bonds. The largest absolute Gasteiger partial charge is 0.456 e. The van der Waals surface area contributed by atoms with Crippen molar-refractivity contribution in [3.8, 4) is 0 Å². The third-order valence-electron chi connectivity index (χ3n) is 4.74. The van der Waals surface area contributed by atoms with Gasteiger partial charge < -0.3 is 19.4 Å². The van der Waals surface area contributed by atoms with Crippen molar-refractivity contribution in [1.29, 1.82) is 0 Å². The molecule has 2 heterocycles. The number of rotatable bonds is 5. The molecule has 3 aromatic rings. The molecule has 0 saturated carbocycles. The lowest BCUT2D eigenvalue weighted by Gasteiger charge is -2.27. The molecule has 1 aliphatic heterocycles. The predicted molar refractivity (Wildman–Crippen MR) is 117 cm³/mol. The number of fused-ring (bicyclic) bond motifs is 1. The summed E-state index contributed by atoms with van der Waals surface area (Å²) in [7, 11) is 0. The van der Waals surface area contributed by atoms with Gasteiger partial charge in [-0.1, -0.05) is 15.9 Å². The number of carbonyl (C=O) groups is 1. The average molecular weight is 476 g/mol. The van der Waals surface area contributed by atoms with E-state index in [1.807, 2.05) is 25.3 Å². The molecular formula is C22H23BrFN3O3. The van der Waals surface area contributed by atoms with Gasteiger partial charge in [0.25, 0.3) is 0 Å². The third kappa shape index (κ3) is 4.49. The molecule has 0 spiro atoms. The van der Waals surface area contributed by atoms with E-state index in [2.05, 4.69) is 26.2 Å². The van der Waals surface area contributed by atoms with Crippen LogP contribution in [0.3, 0.4) is 0 Å².